The van der Waals surface area contributed by atoms with Crippen LogP contribution in [0, 0.1) is 0 Å². The quantitative estimate of drug-likeness (QED) is 0.260. The monoisotopic (exact) mass is 292 g/mol. The number of carbonyl (C=O) groups excluding carboxylic acids is 2. The number of benzene rings is 1. The van der Waals surface area contributed by atoms with Crippen molar-refractivity contribution in [3.8, 4) is 0 Å². The Kier molecular flexibility index (Phi) is 5.29. The Morgan fingerprint density at radius 3 is 2.33 bits per heavy atom. The molecule has 7 nitrogen and oxygen atoms in total. The maximum absolute atomic E-state index is 12.4. The Hall–Kier alpha value is -2.57. The molecule has 0 heterocycles. The van der Waals surface area contributed by atoms with E-state index in [1.165, 1.54) is 0 Å². The molecule has 114 valence electrons. The van der Waals surface area contributed by atoms with Crippen molar-refractivity contribution in [1.29, 1.82) is 0 Å². The van der Waals surface area contributed by atoms with Crippen molar-refractivity contribution in [2.24, 2.45) is 16.6 Å². The van der Waals surface area contributed by atoms with Gasteiger partial charge < -0.3 is 22.0 Å². The van der Waals surface area contributed by atoms with E-state index in [2.05, 4.69) is 10.5 Å². The number of amidine groups is 1. The van der Waals surface area contributed by atoms with Crippen LogP contribution in [0.1, 0.15) is 31.7 Å². The fourth-order valence-corrected chi connectivity index (χ4v) is 2.05. The summed E-state index contributed by atoms with van der Waals surface area (Å²) in [6.45, 7) is 3.34. The van der Waals surface area contributed by atoms with E-state index in [0.717, 1.165) is 0 Å². The standard InChI is InChI=1S/C14H20N4O3/c1-14(2,8-10(15)19)17-13(20)11(12(16)18-21)9-6-4-3-5-7-9/h3-7,11,21H,8H2,1-2H3,(H2,15,19)(H2,16,18)(H,17,20). The molecule has 1 aromatic rings. The van der Waals surface area contributed by atoms with Gasteiger partial charge in [-0.25, -0.2) is 0 Å². The van der Waals surface area contributed by atoms with E-state index in [1.54, 1.807) is 44.2 Å². The number of primary amides is 1. The maximum Gasteiger partial charge on any atom is 0.235 e. The van der Waals surface area contributed by atoms with Crippen molar-refractivity contribution in [1.82, 2.24) is 5.32 Å². The molecule has 1 aromatic carbocycles. The lowest BCUT2D eigenvalue weighted by atomic mass is 9.94. The van der Waals surface area contributed by atoms with Crippen molar-refractivity contribution in [2.75, 3.05) is 0 Å². The van der Waals surface area contributed by atoms with E-state index < -0.39 is 23.3 Å². The number of hydrogen-bond acceptors (Lipinski definition) is 4. The lowest BCUT2D eigenvalue weighted by molar-refractivity contribution is -0.124. The molecule has 2 amide bonds. The highest BCUT2D eigenvalue weighted by Gasteiger charge is 2.30. The first kappa shape index (κ1) is 16.5. The third-order valence-electron chi connectivity index (χ3n) is 2.88. The molecular formula is C14H20N4O3. The van der Waals surface area contributed by atoms with Crippen LogP contribution in [0.3, 0.4) is 0 Å². The summed E-state index contributed by atoms with van der Waals surface area (Å²) in [5, 5.41) is 14.5. The predicted octanol–water partition coefficient (Wildman–Crippen LogP) is 0.287. The third-order valence-corrected chi connectivity index (χ3v) is 2.88. The molecule has 0 aliphatic heterocycles. The van der Waals surface area contributed by atoms with Crippen LogP contribution in [0.2, 0.25) is 0 Å². The smallest absolute Gasteiger partial charge is 0.235 e. The van der Waals surface area contributed by atoms with E-state index >= 15 is 0 Å². The second kappa shape index (κ2) is 6.74. The zero-order valence-electron chi connectivity index (χ0n) is 12.0. The van der Waals surface area contributed by atoms with Crippen molar-refractivity contribution in [3.63, 3.8) is 0 Å². The minimum absolute atomic E-state index is 0.0174. The lowest BCUT2D eigenvalue weighted by Crippen LogP contribution is -2.49. The molecular weight excluding hydrogens is 272 g/mol. The van der Waals surface area contributed by atoms with Gasteiger partial charge in [0, 0.05) is 12.0 Å². The van der Waals surface area contributed by atoms with Gasteiger partial charge in [0.25, 0.3) is 0 Å². The first-order valence-electron chi connectivity index (χ1n) is 6.39. The molecule has 7 heteroatoms. The topological polar surface area (TPSA) is 131 Å². The molecule has 1 rings (SSSR count). The van der Waals surface area contributed by atoms with Gasteiger partial charge in [0.15, 0.2) is 5.84 Å². The van der Waals surface area contributed by atoms with Crippen LogP contribution in [0.5, 0.6) is 0 Å². The molecule has 0 saturated heterocycles. The van der Waals surface area contributed by atoms with E-state index in [-0.39, 0.29) is 12.3 Å². The van der Waals surface area contributed by atoms with Gasteiger partial charge in [0.1, 0.15) is 5.92 Å². The van der Waals surface area contributed by atoms with Gasteiger partial charge in [-0.05, 0) is 19.4 Å². The van der Waals surface area contributed by atoms with Crippen LogP contribution >= 0.6 is 0 Å². The number of oxime groups is 1. The van der Waals surface area contributed by atoms with E-state index in [0.29, 0.717) is 5.56 Å². The van der Waals surface area contributed by atoms with E-state index in [9.17, 15) is 9.59 Å². The van der Waals surface area contributed by atoms with E-state index in [1.807, 2.05) is 0 Å². The highest BCUT2D eigenvalue weighted by Crippen LogP contribution is 2.18. The molecule has 1 atom stereocenters. The summed E-state index contributed by atoms with van der Waals surface area (Å²) in [7, 11) is 0. The Morgan fingerprint density at radius 2 is 1.86 bits per heavy atom. The highest BCUT2D eigenvalue weighted by molar-refractivity contribution is 6.07. The van der Waals surface area contributed by atoms with Gasteiger partial charge in [-0.2, -0.15) is 0 Å². The zero-order chi connectivity index (χ0) is 16.0. The SMILES string of the molecule is CC(C)(CC(N)=O)NC(=O)C(/C(N)=N/O)c1ccccc1. The number of nitrogens with one attached hydrogen (secondary N) is 1. The highest BCUT2D eigenvalue weighted by atomic mass is 16.4. The average molecular weight is 292 g/mol. The molecule has 0 bridgehead atoms. The Balaban J connectivity index is 3.00. The van der Waals surface area contributed by atoms with Gasteiger partial charge in [-0.15, -0.1) is 0 Å². The molecule has 0 aromatic heterocycles. The van der Waals surface area contributed by atoms with Crippen molar-refractivity contribution >= 4 is 17.6 Å². The molecule has 0 saturated carbocycles. The van der Waals surface area contributed by atoms with Gasteiger partial charge in [-0.3, -0.25) is 9.59 Å². The van der Waals surface area contributed by atoms with Crippen molar-refractivity contribution < 1.29 is 14.8 Å². The number of nitrogens with zero attached hydrogens (tertiary/aromatic N) is 1. The summed E-state index contributed by atoms with van der Waals surface area (Å²) in [5.41, 5.74) is 10.5. The summed E-state index contributed by atoms with van der Waals surface area (Å²) in [6, 6.07) is 8.68. The van der Waals surface area contributed by atoms with Crippen molar-refractivity contribution in [3.05, 3.63) is 35.9 Å². The number of amides is 2. The molecule has 21 heavy (non-hydrogen) atoms. The summed E-state index contributed by atoms with van der Waals surface area (Å²) in [5.74, 6) is -2.17. The first-order valence-corrected chi connectivity index (χ1v) is 6.39. The molecule has 0 spiro atoms. The normalized spacial score (nSPS) is 13.5. The lowest BCUT2D eigenvalue weighted by Gasteiger charge is -2.27. The van der Waals surface area contributed by atoms with Gasteiger partial charge >= 0.3 is 0 Å². The zero-order valence-corrected chi connectivity index (χ0v) is 12.0. The Bertz CT molecular complexity index is 540. The summed E-state index contributed by atoms with van der Waals surface area (Å²) < 4.78 is 0. The van der Waals surface area contributed by atoms with Gasteiger partial charge in [0.05, 0.1) is 0 Å². The molecule has 0 fully saturated rings. The molecule has 0 radical (unpaired) electrons. The fourth-order valence-electron chi connectivity index (χ4n) is 2.05. The predicted molar refractivity (Wildman–Crippen MR) is 78.6 cm³/mol. The number of hydrogen-bond donors (Lipinski definition) is 4. The maximum atomic E-state index is 12.4. The Labute approximate surface area is 123 Å². The molecule has 6 N–H and O–H groups in total. The number of rotatable bonds is 6. The molecule has 0 aliphatic rings. The van der Waals surface area contributed by atoms with Crippen LogP contribution in [-0.2, 0) is 9.59 Å². The number of carbonyl (C=O) groups is 2. The second-order valence-corrected chi connectivity index (χ2v) is 5.38. The second-order valence-electron chi connectivity index (χ2n) is 5.38. The summed E-state index contributed by atoms with van der Waals surface area (Å²) in [4.78, 5) is 23.4. The first-order chi connectivity index (χ1) is 9.76. The summed E-state index contributed by atoms with van der Waals surface area (Å²) >= 11 is 0. The minimum Gasteiger partial charge on any atom is -0.409 e. The van der Waals surface area contributed by atoms with Crippen LogP contribution in [0.25, 0.3) is 0 Å². The van der Waals surface area contributed by atoms with E-state index in [4.69, 9.17) is 16.7 Å². The third kappa shape index (κ3) is 4.79. The van der Waals surface area contributed by atoms with Crippen LogP contribution in [-0.4, -0.2) is 28.4 Å². The van der Waals surface area contributed by atoms with Crippen molar-refractivity contribution in [2.45, 2.75) is 31.7 Å². The van der Waals surface area contributed by atoms with Crippen LogP contribution in [0.15, 0.2) is 35.5 Å². The largest absolute Gasteiger partial charge is 0.409 e. The molecule has 1 unspecified atom stereocenters. The van der Waals surface area contributed by atoms with Crippen LogP contribution in [0.4, 0.5) is 0 Å². The van der Waals surface area contributed by atoms with Crippen LogP contribution < -0.4 is 16.8 Å². The summed E-state index contributed by atoms with van der Waals surface area (Å²) in [6.07, 6.45) is -0.0174. The number of nitrogens with two attached hydrogens (primary N) is 2. The van der Waals surface area contributed by atoms with Gasteiger partial charge in [-0.1, -0.05) is 35.5 Å². The Morgan fingerprint density at radius 1 is 1.29 bits per heavy atom. The molecule has 0 aliphatic carbocycles. The minimum atomic E-state index is -0.941. The van der Waals surface area contributed by atoms with Gasteiger partial charge in [0.2, 0.25) is 11.8 Å². The fraction of sp³-hybridized carbons (Fsp3) is 0.357. The average Bonchev–Trinajstić information content (AvgIpc) is 2.37.